The van der Waals surface area contributed by atoms with E-state index in [2.05, 4.69) is 27.7 Å². The minimum Gasteiger partial charge on any atom is -0.479 e. The van der Waals surface area contributed by atoms with Crippen molar-refractivity contribution in [2.24, 2.45) is 0 Å². The van der Waals surface area contributed by atoms with E-state index in [0.29, 0.717) is 25.9 Å². The molecule has 0 amide bonds. The molecule has 0 saturated heterocycles. The predicted octanol–water partition coefficient (Wildman–Crippen LogP) is 24.3. The molecule has 3 N–H and O–H groups in total. The van der Waals surface area contributed by atoms with E-state index in [1.54, 1.807) is 0 Å². The van der Waals surface area contributed by atoms with Gasteiger partial charge in [-0.2, -0.15) is 0 Å². The highest BCUT2D eigenvalue weighted by Gasteiger charge is 2.34. The number of carbonyl (C=O) groups excluding carboxylic acids is 1. The van der Waals surface area contributed by atoms with Gasteiger partial charge in [0, 0.05) is 6.42 Å². The molecule has 0 heterocycles. The second kappa shape index (κ2) is 68.4. The Morgan fingerprint density at radius 1 is 0.308 bits per heavy atom. The van der Waals surface area contributed by atoms with Crippen LogP contribution in [-0.4, -0.2) is 45.6 Å². The molecule has 0 saturated carbocycles. The number of rotatable bonds is 66. The number of hydrogen-bond donors (Lipinski definition) is 3. The van der Waals surface area contributed by atoms with Crippen molar-refractivity contribution in [2.75, 3.05) is 6.61 Å². The van der Waals surface area contributed by atoms with Crippen LogP contribution in [0.25, 0.3) is 0 Å². The zero-order chi connectivity index (χ0) is 57.2. The molecule has 0 aromatic rings. The monoisotopic (exact) mass is 1110 g/mol. The Morgan fingerprint density at radius 3 is 0.769 bits per heavy atom. The van der Waals surface area contributed by atoms with Crippen molar-refractivity contribution < 1.29 is 29.6 Å². The van der Waals surface area contributed by atoms with Crippen LogP contribution < -0.4 is 0 Å². The van der Waals surface area contributed by atoms with Gasteiger partial charge in [0.05, 0.1) is 12.7 Å². The topological polar surface area (TPSA) is 104 Å². The molecule has 468 valence electrons. The first kappa shape index (κ1) is 78.9. The molecule has 0 aromatic heterocycles. The molecule has 0 aliphatic carbocycles. The molecular formula is C72H144O6. The average Bonchev–Trinajstić information content (AvgIpc) is 3.43. The maximum absolute atomic E-state index is 11.9. The van der Waals surface area contributed by atoms with E-state index in [9.17, 15) is 24.9 Å². The molecule has 6 heteroatoms. The van der Waals surface area contributed by atoms with E-state index in [1.807, 2.05) is 0 Å². The summed E-state index contributed by atoms with van der Waals surface area (Å²) in [6, 6.07) is 0. The van der Waals surface area contributed by atoms with Gasteiger partial charge in [-0.25, -0.2) is 4.79 Å². The van der Waals surface area contributed by atoms with Crippen LogP contribution in [0.4, 0.5) is 0 Å². The Balaban J connectivity index is 0. The van der Waals surface area contributed by atoms with E-state index in [4.69, 9.17) is 4.74 Å². The Labute approximate surface area is 489 Å². The Morgan fingerprint density at radius 2 is 0.513 bits per heavy atom. The van der Waals surface area contributed by atoms with Crippen LogP contribution in [0.1, 0.15) is 432 Å². The summed E-state index contributed by atoms with van der Waals surface area (Å²) >= 11 is 0. The fourth-order valence-electron chi connectivity index (χ4n) is 11.5. The number of aliphatic hydroxyl groups is 2. The molecular weight excluding hydrogens is 961 g/mol. The van der Waals surface area contributed by atoms with Gasteiger partial charge in [0.15, 0.2) is 5.60 Å². The smallest absolute Gasteiger partial charge is 0.335 e. The number of aliphatic carboxylic acids is 1. The van der Waals surface area contributed by atoms with Crippen molar-refractivity contribution >= 4 is 11.9 Å². The maximum atomic E-state index is 11.9. The van der Waals surface area contributed by atoms with Crippen molar-refractivity contribution in [1.82, 2.24) is 0 Å². The van der Waals surface area contributed by atoms with Crippen LogP contribution in [0.3, 0.4) is 0 Å². The number of hydrogen-bond acceptors (Lipinski definition) is 5. The highest BCUT2D eigenvalue weighted by molar-refractivity contribution is 5.76. The van der Waals surface area contributed by atoms with E-state index in [0.717, 1.165) is 57.8 Å². The third kappa shape index (κ3) is 65.7. The van der Waals surface area contributed by atoms with Gasteiger partial charge in [-0.15, -0.1) is 0 Å². The van der Waals surface area contributed by atoms with Crippen molar-refractivity contribution in [3.05, 3.63) is 0 Å². The quantitative estimate of drug-likeness (QED) is 0.0414. The standard InChI is InChI=1S/2C36H72O3/c1-3-5-7-9-10-11-12-13-14-15-16-17-20-23-26-30-34-39-36(38)33-29-25-22-19-18-21-24-28-32-35(37)31-27-8-6-4-2;1-3-5-7-9-11-13-15-17-19-20-22-24-26-28-30-32-34-36(39,35(37)38)33-31-29-27-25-23-21-18-16-14-12-10-8-6-4-2/h35,37H,3-34H2,1-2H3;39H,3-34H2,1-2H3,(H,37,38). The summed E-state index contributed by atoms with van der Waals surface area (Å²) in [5.74, 6) is -1.01. The van der Waals surface area contributed by atoms with Gasteiger partial charge in [-0.3, -0.25) is 4.79 Å². The Bertz CT molecular complexity index is 1130. The normalized spacial score (nSPS) is 12.6. The zero-order valence-corrected chi connectivity index (χ0v) is 53.9. The third-order valence-corrected chi connectivity index (χ3v) is 17.1. The SMILES string of the molecule is CCCCCCCCCCCCCCCCCCC(O)(CCCCCCCCCCCCCCCC)C(=O)O.CCCCCCCCCCCCCCCCCCOC(=O)CCCCCCCCCCC(O)CCCCCC. The van der Waals surface area contributed by atoms with Crippen LogP contribution in [0, 0.1) is 0 Å². The zero-order valence-electron chi connectivity index (χ0n) is 53.9. The molecule has 0 rings (SSSR count). The maximum Gasteiger partial charge on any atom is 0.335 e. The number of carboxylic acids is 1. The lowest BCUT2D eigenvalue weighted by Gasteiger charge is -2.23. The first-order valence-corrected chi connectivity index (χ1v) is 36.1. The molecule has 2 atom stereocenters. The van der Waals surface area contributed by atoms with Gasteiger partial charge in [-0.05, 0) is 51.4 Å². The van der Waals surface area contributed by atoms with Gasteiger partial charge in [0.25, 0.3) is 0 Å². The van der Waals surface area contributed by atoms with Gasteiger partial charge < -0.3 is 20.1 Å². The number of aliphatic hydroxyl groups excluding tert-OH is 1. The highest BCUT2D eigenvalue weighted by atomic mass is 16.5. The van der Waals surface area contributed by atoms with Crippen LogP contribution in [0.5, 0.6) is 0 Å². The first-order valence-electron chi connectivity index (χ1n) is 36.1. The molecule has 0 radical (unpaired) electrons. The van der Waals surface area contributed by atoms with Crippen LogP contribution in [-0.2, 0) is 14.3 Å². The van der Waals surface area contributed by atoms with Crippen molar-refractivity contribution in [2.45, 2.75) is 444 Å². The first-order chi connectivity index (χ1) is 38.3. The second-order valence-electron chi connectivity index (χ2n) is 25.1. The summed E-state index contributed by atoms with van der Waals surface area (Å²) in [4.78, 5) is 23.6. The molecule has 0 bridgehead atoms. The van der Waals surface area contributed by atoms with Crippen LogP contribution in [0.15, 0.2) is 0 Å². The summed E-state index contributed by atoms with van der Waals surface area (Å²) < 4.78 is 5.43. The number of ether oxygens (including phenoxy) is 1. The van der Waals surface area contributed by atoms with Crippen molar-refractivity contribution in [1.29, 1.82) is 0 Å². The Kier molecular flexibility index (Phi) is 69.2. The minimum absolute atomic E-state index is 0.00390. The number of carbonyl (C=O) groups is 2. The molecule has 0 aliphatic rings. The highest BCUT2D eigenvalue weighted by Crippen LogP contribution is 2.25. The van der Waals surface area contributed by atoms with Gasteiger partial charge in [-0.1, -0.05) is 374 Å². The summed E-state index contributed by atoms with van der Waals surface area (Å²) in [7, 11) is 0. The van der Waals surface area contributed by atoms with Gasteiger partial charge in [0.2, 0.25) is 0 Å². The summed E-state index contributed by atoms with van der Waals surface area (Å²) in [5.41, 5.74) is -1.51. The van der Waals surface area contributed by atoms with Crippen LogP contribution in [0.2, 0.25) is 0 Å². The van der Waals surface area contributed by atoms with E-state index >= 15 is 0 Å². The lowest BCUT2D eigenvalue weighted by atomic mass is 9.89. The summed E-state index contributed by atoms with van der Waals surface area (Å²) in [5, 5.41) is 30.3. The Hall–Kier alpha value is -1.14. The fraction of sp³-hybridized carbons (Fsp3) is 0.972. The molecule has 78 heavy (non-hydrogen) atoms. The van der Waals surface area contributed by atoms with E-state index < -0.39 is 11.6 Å². The van der Waals surface area contributed by atoms with E-state index in [1.165, 1.54) is 327 Å². The second-order valence-corrected chi connectivity index (χ2v) is 25.1. The summed E-state index contributed by atoms with van der Waals surface area (Å²) in [6.07, 6.45) is 78.8. The molecule has 2 unspecified atom stereocenters. The van der Waals surface area contributed by atoms with Crippen molar-refractivity contribution in [3.8, 4) is 0 Å². The van der Waals surface area contributed by atoms with E-state index in [-0.39, 0.29) is 12.1 Å². The average molecular weight is 1110 g/mol. The van der Waals surface area contributed by atoms with Gasteiger partial charge >= 0.3 is 11.9 Å². The fourth-order valence-corrected chi connectivity index (χ4v) is 11.5. The van der Waals surface area contributed by atoms with Crippen LogP contribution >= 0.6 is 0 Å². The number of unbranched alkanes of at least 4 members (excludes halogenated alkanes) is 53. The molecule has 0 aliphatic heterocycles. The predicted molar refractivity (Wildman–Crippen MR) is 343 cm³/mol. The number of esters is 1. The third-order valence-electron chi connectivity index (χ3n) is 17.1. The molecule has 6 nitrogen and oxygen atoms in total. The minimum atomic E-state index is -1.51. The molecule has 0 spiro atoms. The molecule has 0 aromatic carbocycles. The lowest BCUT2D eigenvalue weighted by molar-refractivity contribution is -0.160. The van der Waals surface area contributed by atoms with Crippen molar-refractivity contribution in [3.63, 3.8) is 0 Å². The largest absolute Gasteiger partial charge is 0.479 e. The number of carboxylic acid groups (broad SMARTS) is 1. The lowest BCUT2D eigenvalue weighted by Crippen LogP contribution is -2.38. The molecule has 0 fully saturated rings. The summed E-state index contributed by atoms with van der Waals surface area (Å²) in [6.45, 7) is 9.68. The van der Waals surface area contributed by atoms with Gasteiger partial charge in [0.1, 0.15) is 0 Å².